The summed E-state index contributed by atoms with van der Waals surface area (Å²) in [6.45, 7) is 2.40. The van der Waals surface area contributed by atoms with Crippen molar-refractivity contribution in [1.82, 2.24) is 0 Å². The topological polar surface area (TPSA) is 66.8 Å². The number of anilines is 1. The standard InChI is InChI=1S/C25H19Cl2NO4/c1-2-32-18-11-8-15(9-12-18)22-21(23(29)16-10-13-19(26)20(27)14-16)24(30)25(31)28(22)17-6-4-3-5-7-17/h3-14,22,29H,2H2,1H3/b23-21-. The summed E-state index contributed by atoms with van der Waals surface area (Å²) in [5, 5.41) is 11.7. The summed E-state index contributed by atoms with van der Waals surface area (Å²) < 4.78 is 5.51. The van der Waals surface area contributed by atoms with Gasteiger partial charge in [0.2, 0.25) is 0 Å². The minimum atomic E-state index is -0.831. The van der Waals surface area contributed by atoms with Gasteiger partial charge in [-0.25, -0.2) is 0 Å². The molecule has 0 saturated carbocycles. The van der Waals surface area contributed by atoms with Crippen molar-refractivity contribution in [3.63, 3.8) is 0 Å². The van der Waals surface area contributed by atoms with E-state index in [2.05, 4.69) is 0 Å². The van der Waals surface area contributed by atoms with Crippen molar-refractivity contribution >= 4 is 46.3 Å². The number of aliphatic hydroxyl groups is 1. The smallest absolute Gasteiger partial charge is 0.300 e. The van der Waals surface area contributed by atoms with E-state index in [0.717, 1.165) is 0 Å². The summed E-state index contributed by atoms with van der Waals surface area (Å²) in [6.07, 6.45) is 0. The number of rotatable bonds is 5. The van der Waals surface area contributed by atoms with Crippen molar-refractivity contribution in [1.29, 1.82) is 0 Å². The number of hydrogen-bond acceptors (Lipinski definition) is 4. The third kappa shape index (κ3) is 3.97. The van der Waals surface area contributed by atoms with Crippen LogP contribution in [0.4, 0.5) is 5.69 Å². The number of carbonyl (C=O) groups is 2. The van der Waals surface area contributed by atoms with Crippen LogP contribution in [0.25, 0.3) is 5.76 Å². The van der Waals surface area contributed by atoms with Gasteiger partial charge in [0, 0.05) is 11.3 Å². The fourth-order valence-electron chi connectivity index (χ4n) is 3.71. The van der Waals surface area contributed by atoms with Crippen molar-refractivity contribution in [2.45, 2.75) is 13.0 Å². The van der Waals surface area contributed by atoms with Crippen molar-refractivity contribution in [3.8, 4) is 5.75 Å². The first-order chi connectivity index (χ1) is 15.4. The number of hydrogen-bond donors (Lipinski definition) is 1. The van der Waals surface area contributed by atoms with E-state index in [4.69, 9.17) is 27.9 Å². The molecule has 0 bridgehead atoms. The lowest BCUT2D eigenvalue weighted by atomic mass is 9.95. The Morgan fingerprint density at radius 2 is 1.66 bits per heavy atom. The van der Waals surface area contributed by atoms with E-state index < -0.39 is 17.7 Å². The van der Waals surface area contributed by atoms with Crippen LogP contribution in [0.1, 0.15) is 24.1 Å². The first-order valence-corrected chi connectivity index (χ1v) is 10.7. The van der Waals surface area contributed by atoms with Gasteiger partial charge < -0.3 is 9.84 Å². The molecule has 1 unspecified atom stereocenters. The molecule has 0 spiro atoms. The third-order valence-electron chi connectivity index (χ3n) is 5.18. The molecule has 0 aliphatic carbocycles. The number of carbonyl (C=O) groups excluding carboxylic acids is 2. The lowest BCUT2D eigenvalue weighted by Gasteiger charge is -2.25. The van der Waals surface area contributed by atoms with Crippen LogP contribution in [-0.2, 0) is 9.59 Å². The SMILES string of the molecule is CCOc1ccc(C2/C(=C(/O)c3ccc(Cl)c(Cl)c3)C(=O)C(=O)N2c2ccccc2)cc1. The van der Waals surface area contributed by atoms with Gasteiger partial charge in [-0.1, -0.05) is 53.5 Å². The molecule has 1 amide bonds. The van der Waals surface area contributed by atoms with E-state index in [-0.39, 0.29) is 16.4 Å². The van der Waals surface area contributed by atoms with Crippen LogP contribution in [0.5, 0.6) is 5.75 Å². The number of nitrogens with zero attached hydrogens (tertiary/aromatic N) is 1. The van der Waals surface area contributed by atoms with Crippen LogP contribution < -0.4 is 9.64 Å². The second-order valence-corrected chi connectivity index (χ2v) is 7.95. The molecule has 1 aliphatic heterocycles. The maximum atomic E-state index is 13.1. The van der Waals surface area contributed by atoms with E-state index >= 15 is 0 Å². The average Bonchev–Trinajstić information content (AvgIpc) is 3.07. The molecule has 32 heavy (non-hydrogen) atoms. The van der Waals surface area contributed by atoms with Gasteiger partial charge in [-0.2, -0.15) is 0 Å². The van der Waals surface area contributed by atoms with Crippen LogP contribution in [0.2, 0.25) is 10.0 Å². The Hall–Kier alpha value is -3.28. The molecule has 5 nitrogen and oxygen atoms in total. The second kappa shape index (κ2) is 9.07. The Morgan fingerprint density at radius 3 is 2.28 bits per heavy atom. The zero-order valence-electron chi connectivity index (χ0n) is 17.1. The number of para-hydroxylation sites is 1. The number of aliphatic hydroxyl groups excluding tert-OH is 1. The van der Waals surface area contributed by atoms with E-state index in [1.807, 2.05) is 13.0 Å². The molecule has 0 aromatic heterocycles. The van der Waals surface area contributed by atoms with Crippen molar-refractivity contribution in [3.05, 3.63) is 99.5 Å². The molecule has 3 aromatic rings. The minimum Gasteiger partial charge on any atom is -0.507 e. The fourth-order valence-corrected chi connectivity index (χ4v) is 4.01. The maximum Gasteiger partial charge on any atom is 0.300 e. The highest BCUT2D eigenvalue weighted by Gasteiger charge is 2.46. The molecule has 1 fully saturated rings. The number of benzene rings is 3. The molecular weight excluding hydrogens is 449 g/mol. The van der Waals surface area contributed by atoms with Gasteiger partial charge in [0.25, 0.3) is 11.7 Å². The summed E-state index contributed by atoms with van der Waals surface area (Å²) in [7, 11) is 0. The Bertz CT molecular complexity index is 1210. The number of amides is 1. The predicted octanol–water partition coefficient (Wildman–Crippen LogP) is 6.02. The molecule has 1 N–H and O–H groups in total. The normalized spacial score (nSPS) is 17.6. The highest BCUT2D eigenvalue weighted by atomic mass is 35.5. The average molecular weight is 468 g/mol. The van der Waals surface area contributed by atoms with Crippen LogP contribution in [0.15, 0.2) is 78.4 Å². The van der Waals surface area contributed by atoms with Gasteiger partial charge >= 0.3 is 0 Å². The predicted molar refractivity (Wildman–Crippen MR) is 125 cm³/mol. The van der Waals surface area contributed by atoms with Gasteiger partial charge in [-0.3, -0.25) is 14.5 Å². The van der Waals surface area contributed by atoms with Crippen LogP contribution >= 0.6 is 23.2 Å². The van der Waals surface area contributed by atoms with Crippen LogP contribution in [0, 0.1) is 0 Å². The maximum absolute atomic E-state index is 13.1. The summed E-state index contributed by atoms with van der Waals surface area (Å²) in [5.74, 6) is -1.16. The Morgan fingerprint density at radius 1 is 0.969 bits per heavy atom. The molecule has 1 aliphatic rings. The van der Waals surface area contributed by atoms with Gasteiger partial charge in [-0.05, 0) is 55.0 Å². The summed E-state index contributed by atoms with van der Waals surface area (Å²) >= 11 is 12.1. The monoisotopic (exact) mass is 467 g/mol. The third-order valence-corrected chi connectivity index (χ3v) is 5.92. The van der Waals surface area contributed by atoms with Crippen LogP contribution in [-0.4, -0.2) is 23.4 Å². The molecule has 1 heterocycles. The minimum absolute atomic E-state index is 0.0265. The Kier molecular flexibility index (Phi) is 6.21. The zero-order chi connectivity index (χ0) is 22.8. The first-order valence-electron chi connectivity index (χ1n) is 9.96. The summed E-state index contributed by atoms with van der Waals surface area (Å²) in [4.78, 5) is 27.6. The number of Topliss-reactive ketones (excluding diaryl/α,β-unsaturated/α-hetero) is 1. The summed E-state index contributed by atoms with van der Waals surface area (Å²) in [5.41, 5.74) is 1.46. The van der Waals surface area contributed by atoms with Gasteiger partial charge in [0.15, 0.2) is 0 Å². The van der Waals surface area contributed by atoms with Gasteiger partial charge in [0.05, 0.1) is 28.3 Å². The molecule has 0 radical (unpaired) electrons. The van der Waals surface area contributed by atoms with Gasteiger partial charge in [0.1, 0.15) is 11.5 Å². The molecule has 1 atom stereocenters. The zero-order valence-corrected chi connectivity index (χ0v) is 18.6. The van der Waals surface area contributed by atoms with E-state index in [1.54, 1.807) is 54.6 Å². The number of ketones is 1. The molecule has 1 saturated heterocycles. The summed E-state index contributed by atoms with van der Waals surface area (Å²) in [6, 6.07) is 19.7. The highest BCUT2D eigenvalue weighted by Crippen LogP contribution is 2.42. The van der Waals surface area contributed by atoms with E-state index in [9.17, 15) is 14.7 Å². The van der Waals surface area contributed by atoms with Crippen molar-refractivity contribution in [2.24, 2.45) is 0 Å². The molecule has 3 aromatic carbocycles. The quantitative estimate of drug-likeness (QED) is 0.283. The molecule has 162 valence electrons. The molecule has 7 heteroatoms. The largest absolute Gasteiger partial charge is 0.507 e. The highest BCUT2D eigenvalue weighted by molar-refractivity contribution is 6.51. The van der Waals surface area contributed by atoms with Crippen molar-refractivity contribution < 1.29 is 19.4 Å². The first kappa shape index (κ1) is 21.9. The lowest BCUT2D eigenvalue weighted by Crippen LogP contribution is -2.29. The second-order valence-electron chi connectivity index (χ2n) is 7.14. The lowest BCUT2D eigenvalue weighted by molar-refractivity contribution is -0.132. The van der Waals surface area contributed by atoms with Gasteiger partial charge in [-0.15, -0.1) is 0 Å². The molecule has 4 rings (SSSR count). The Balaban J connectivity index is 1.91. The van der Waals surface area contributed by atoms with Crippen LogP contribution in [0.3, 0.4) is 0 Å². The Labute approximate surface area is 195 Å². The number of halogens is 2. The van der Waals surface area contributed by atoms with E-state index in [1.165, 1.54) is 17.0 Å². The molecular formula is C25H19Cl2NO4. The fraction of sp³-hybridized carbons (Fsp3) is 0.120. The van der Waals surface area contributed by atoms with E-state index in [0.29, 0.717) is 34.2 Å². The number of ether oxygens (including phenoxy) is 1. The van der Waals surface area contributed by atoms with Crippen molar-refractivity contribution in [2.75, 3.05) is 11.5 Å².